The molecular formula is C10H20N2O. The number of likely N-dealkylation sites (tertiary alicyclic amines) is 1. The lowest BCUT2D eigenvalue weighted by atomic mass is 10.0. The molecule has 0 aromatic carbocycles. The van der Waals surface area contributed by atoms with Crippen LogP contribution in [0.2, 0.25) is 0 Å². The van der Waals surface area contributed by atoms with Crippen molar-refractivity contribution < 1.29 is 5.11 Å². The van der Waals surface area contributed by atoms with E-state index in [1.165, 1.54) is 19.3 Å². The van der Waals surface area contributed by atoms with E-state index >= 15 is 0 Å². The zero-order valence-corrected chi connectivity index (χ0v) is 8.21. The van der Waals surface area contributed by atoms with Crippen LogP contribution in [0.15, 0.2) is 0 Å². The molecule has 2 rings (SSSR count). The van der Waals surface area contributed by atoms with Crippen molar-refractivity contribution in [2.45, 2.75) is 44.4 Å². The minimum Gasteiger partial charge on any atom is -0.392 e. The van der Waals surface area contributed by atoms with Crippen LogP contribution >= 0.6 is 0 Å². The fraction of sp³-hybridized carbons (Fsp3) is 1.00. The van der Waals surface area contributed by atoms with E-state index in [2.05, 4.69) is 10.2 Å². The second kappa shape index (κ2) is 4.40. The highest BCUT2D eigenvalue weighted by Crippen LogP contribution is 2.17. The van der Waals surface area contributed by atoms with Crippen molar-refractivity contribution in [1.29, 1.82) is 0 Å². The van der Waals surface area contributed by atoms with Gasteiger partial charge in [-0.1, -0.05) is 0 Å². The van der Waals surface area contributed by atoms with Gasteiger partial charge in [0.15, 0.2) is 0 Å². The van der Waals surface area contributed by atoms with Crippen LogP contribution in [0.1, 0.15) is 32.1 Å². The lowest BCUT2D eigenvalue weighted by Crippen LogP contribution is -2.52. The maximum atomic E-state index is 9.54. The molecule has 2 heterocycles. The Bertz CT molecular complexity index is 157. The summed E-state index contributed by atoms with van der Waals surface area (Å²) in [7, 11) is 0. The van der Waals surface area contributed by atoms with Gasteiger partial charge >= 0.3 is 0 Å². The van der Waals surface area contributed by atoms with Crippen LogP contribution in [0.25, 0.3) is 0 Å². The average molecular weight is 184 g/mol. The van der Waals surface area contributed by atoms with Crippen LogP contribution in [-0.2, 0) is 0 Å². The number of aliphatic hydroxyl groups is 1. The van der Waals surface area contributed by atoms with Crippen molar-refractivity contribution in [3.05, 3.63) is 0 Å². The first-order valence-corrected chi connectivity index (χ1v) is 5.52. The summed E-state index contributed by atoms with van der Waals surface area (Å²) in [5.41, 5.74) is 0. The standard InChI is InChI=1S/C10H20N2O/c13-9-4-3-7-12(8-9)10-5-1-2-6-11-10/h9-11,13H,1-8H2. The molecule has 2 atom stereocenters. The van der Waals surface area contributed by atoms with E-state index in [1.807, 2.05) is 0 Å². The molecule has 0 saturated carbocycles. The molecule has 0 bridgehead atoms. The molecule has 2 unspecified atom stereocenters. The number of rotatable bonds is 1. The van der Waals surface area contributed by atoms with E-state index in [4.69, 9.17) is 0 Å². The summed E-state index contributed by atoms with van der Waals surface area (Å²) in [5, 5.41) is 13.1. The quantitative estimate of drug-likeness (QED) is 0.624. The molecule has 0 aromatic heterocycles. The maximum absolute atomic E-state index is 9.54. The molecule has 0 aromatic rings. The van der Waals surface area contributed by atoms with Crippen LogP contribution in [0, 0.1) is 0 Å². The number of nitrogens with one attached hydrogen (secondary N) is 1. The Morgan fingerprint density at radius 1 is 1.15 bits per heavy atom. The topological polar surface area (TPSA) is 35.5 Å². The highest BCUT2D eigenvalue weighted by molar-refractivity contribution is 4.79. The molecule has 0 radical (unpaired) electrons. The number of piperidine rings is 2. The predicted octanol–water partition coefficient (Wildman–Crippen LogP) is 0.543. The summed E-state index contributed by atoms with van der Waals surface area (Å²) in [5.74, 6) is 0. The predicted molar refractivity (Wildman–Crippen MR) is 52.5 cm³/mol. The highest BCUT2D eigenvalue weighted by Gasteiger charge is 2.25. The normalized spacial score (nSPS) is 37.6. The summed E-state index contributed by atoms with van der Waals surface area (Å²) in [4.78, 5) is 2.41. The number of hydrogen-bond donors (Lipinski definition) is 2. The minimum absolute atomic E-state index is 0.0857. The molecule has 3 heteroatoms. The van der Waals surface area contributed by atoms with Crippen molar-refractivity contribution in [2.24, 2.45) is 0 Å². The summed E-state index contributed by atoms with van der Waals surface area (Å²) < 4.78 is 0. The van der Waals surface area contributed by atoms with Gasteiger partial charge in [0.1, 0.15) is 0 Å². The van der Waals surface area contributed by atoms with Crippen LogP contribution < -0.4 is 5.32 Å². The van der Waals surface area contributed by atoms with E-state index < -0.39 is 0 Å². The van der Waals surface area contributed by atoms with Crippen molar-refractivity contribution in [3.63, 3.8) is 0 Å². The molecule has 2 aliphatic rings. The number of hydrogen-bond acceptors (Lipinski definition) is 3. The van der Waals surface area contributed by atoms with Gasteiger partial charge in [0.25, 0.3) is 0 Å². The summed E-state index contributed by atoms with van der Waals surface area (Å²) in [6, 6.07) is 0. The van der Waals surface area contributed by atoms with Gasteiger partial charge in [-0.15, -0.1) is 0 Å². The van der Waals surface area contributed by atoms with Crippen LogP contribution in [-0.4, -0.2) is 41.9 Å². The van der Waals surface area contributed by atoms with Gasteiger partial charge in [-0.3, -0.25) is 4.90 Å². The monoisotopic (exact) mass is 184 g/mol. The van der Waals surface area contributed by atoms with Gasteiger partial charge in [-0.05, 0) is 45.2 Å². The smallest absolute Gasteiger partial charge is 0.0668 e. The van der Waals surface area contributed by atoms with E-state index in [1.54, 1.807) is 0 Å². The summed E-state index contributed by atoms with van der Waals surface area (Å²) in [6.07, 6.45) is 6.51. The second-order valence-electron chi connectivity index (χ2n) is 4.26. The molecule has 3 nitrogen and oxygen atoms in total. The van der Waals surface area contributed by atoms with Crippen LogP contribution in [0.5, 0.6) is 0 Å². The third kappa shape index (κ3) is 2.42. The first kappa shape index (κ1) is 9.44. The third-order valence-electron chi connectivity index (χ3n) is 3.15. The molecule has 2 N–H and O–H groups in total. The summed E-state index contributed by atoms with van der Waals surface area (Å²) >= 11 is 0. The van der Waals surface area contributed by atoms with Crippen molar-refractivity contribution in [2.75, 3.05) is 19.6 Å². The zero-order chi connectivity index (χ0) is 9.10. The van der Waals surface area contributed by atoms with E-state index in [9.17, 15) is 5.11 Å². The Hall–Kier alpha value is -0.120. The molecular weight excluding hydrogens is 164 g/mol. The van der Waals surface area contributed by atoms with E-state index in [-0.39, 0.29) is 6.10 Å². The van der Waals surface area contributed by atoms with Crippen molar-refractivity contribution in [1.82, 2.24) is 10.2 Å². The fourth-order valence-electron chi connectivity index (χ4n) is 2.41. The molecule has 2 aliphatic heterocycles. The van der Waals surface area contributed by atoms with E-state index in [0.29, 0.717) is 6.17 Å². The fourth-order valence-corrected chi connectivity index (χ4v) is 2.41. The first-order valence-electron chi connectivity index (χ1n) is 5.52. The Labute approximate surface area is 80.1 Å². The second-order valence-corrected chi connectivity index (χ2v) is 4.26. The zero-order valence-electron chi connectivity index (χ0n) is 8.21. The largest absolute Gasteiger partial charge is 0.392 e. The molecule has 13 heavy (non-hydrogen) atoms. The van der Waals surface area contributed by atoms with Gasteiger partial charge in [0, 0.05) is 6.54 Å². The summed E-state index contributed by atoms with van der Waals surface area (Å²) in [6.45, 7) is 3.18. The number of β-amino-alcohol motifs (C(OH)–C–C–N with tert-alkyl or cyclic N) is 1. The highest BCUT2D eigenvalue weighted by atomic mass is 16.3. The van der Waals surface area contributed by atoms with E-state index in [0.717, 1.165) is 32.5 Å². The van der Waals surface area contributed by atoms with Gasteiger partial charge in [0.05, 0.1) is 12.3 Å². The SMILES string of the molecule is OC1CCCN(C2CCCCN2)C1. The molecule has 0 spiro atoms. The van der Waals surface area contributed by atoms with Gasteiger partial charge in [0.2, 0.25) is 0 Å². The Morgan fingerprint density at radius 3 is 2.77 bits per heavy atom. The third-order valence-corrected chi connectivity index (χ3v) is 3.15. The van der Waals surface area contributed by atoms with Gasteiger partial charge < -0.3 is 10.4 Å². The lowest BCUT2D eigenvalue weighted by Gasteiger charge is -2.38. The van der Waals surface area contributed by atoms with Crippen LogP contribution in [0.4, 0.5) is 0 Å². The Balaban J connectivity index is 1.83. The molecule has 2 saturated heterocycles. The lowest BCUT2D eigenvalue weighted by molar-refractivity contribution is 0.0289. The minimum atomic E-state index is -0.0857. The Kier molecular flexibility index (Phi) is 3.19. The van der Waals surface area contributed by atoms with Crippen molar-refractivity contribution in [3.8, 4) is 0 Å². The molecule has 0 amide bonds. The van der Waals surface area contributed by atoms with Crippen LogP contribution in [0.3, 0.4) is 0 Å². The Morgan fingerprint density at radius 2 is 2.08 bits per heavy atom. The molecule has 0 aliphatic carbocycles. The number of aliphatic hydroxyl groups excluding tert-OH is 1. The first-order chi connectivity index (χ1) is 6.36. The van der Waals surface area contributed by atoms with Gasteiger partial charge in [-0.2, -0.15) is 0 Å². The van der Waals surface area contributed by atoms with Crippen molar-refractivity contribution >= 4 is 0 Å². The molecule has 76 valence electrons. The number of nitrogens with zero attached hydrogens (tertiary/aromatic N) is 1. The average Bonchev–Trinajstić information content (AvgIpc) is 2.19. The maximum Gasteiger partial charge on any atom is 0.0668 e. The molecule has 2 fully saturated rings. The van der Waals surface area contributed by atoms with Gasteiger partial charge in [-0.25, -0.2) is 0 Å².